The average molecular weight is 477 g/mol. The first-order valence-corrected chi connectivity index (χ1v) is 12.3. The minimum absolute atomic E-state index is 0.0827. The smallest absolute Gasteiger partial charge is 0.347 e. The number of halogens is 3. The third-order valence-corrected chi connectivity index (χ3v) is 8.44. The second-order valence-corrected chi connectivity index (χ2v) is 10.5. The molecule has 0 saturated carbocycles. The summed E-state index contributed by atoms with van der Waals surface area (Å²) in [4.78, 5) is 12.4. The summed E-state index contributed by atoms with van der Waals surface area (Å²) in [5.41, 5.74) is 0.926. The first kappa shape index (κ1) is 23.5. The zero-order valence-corrected chi connectivity index (χ0v) is 18.5. The third kappa shape index (κ3) is 4.95. The van der Waals surface area contributed by atoms with E-state index in [-0.39, 0.29) is 23.9 Å². The molecule has 1 aromatic carbocycles. The molecule has 7 nitrogen and oxygen atoms in total. The summed E-state index contributed by atoms with van der Waals surface area (Å²) in [5, 5.41) is 0. The number of hydrogen-bond donors (Lipinski definition) is 0. The molecule has 32 heavy (non-hydrogen) atoms. The molecule has 178 valence electrons. The molecule has 3 saturated heterocycles. The first-order chi connectivity index (χ1) is 15.1. The van der Waals surface area contributed by atoms with Gasteiger partial charge in [-0.25, -0.2) is 8.42 Å². The number of piperidine rings is 2. The molecule has 11 heteroatoms. The van der Waals surface area contributed by atoms with Gasteiger partial charge in [-0.3, -0.25) is 4.79 Å². The van der Waals surface area contributed by atoms with Crippen LogP contribution in [0.15, 0.2) is 29.2 Å². The molecular formula is C21H27F3N2O5S. The van der Waals surface area contributed by atoms with Crippen molar-refractivity contribution in [3.05, 3.63) is 29.8 Å². The summed E-state index contributed by atoms with van der Waals surface area (Å²) in [6.45, 7) is 1.90. The Hall–Kier alpha value is -1.69. The molecule has 4 rings (SSSR count). The summed E-state index contributed by atoms with van der Waals surface area (Å²) in [5.74, 6) is -2.27. The SMILES string of the molecule is O=C(N1CCC(Cc2ccc(S(=O)(=O)N3CCC4(CC3)OCCO4)cc2)CC1)C(F)(F)F. The fourth-order valence-electron chi connectivity index (χ4n) is 4.65. The molecule has 1 amide bonds. The van der Waals surface area contributed by atoms with Gasteiger partial charge in [-0.15, -0.1) is 0 Å². The van der Waals surface area contributed by atoms with Crippen LogP contribution in [0, 0.1) is 5.92 Å². The van der Waals surface area contributed by atoms with Gasteiger partial charge in [0, 0.05) is 39.0 Å². The highest BCUT2D eigenvalue weighted by atomic mass is 32.2. The lowest BCUT2D eigenvalue weighted by Crippen LogP contribution is -2.47. The Morgan fingerprint density at radius 3 is 2.09 bits per heavy atom. The van der Waals surface area contributed by atoms with Gasteiger partial charge in [-0.05, 0) is 42.9 Å². The van der Waals surface area contributed by atoms with Crippen LogP contribution in [0.25, 0.3) is 0 Å². The van der Waals surface area contributed by atoms with Crippen LogP contribution in [0.2, 0.25) is 0 Å². The van der Waals surface area contributed by atoms with Crippen molar-refractivity contribution in [2.24, 2.45) is 5.92 Å². The molecular weight excluding hydrogens is 449 g/mol. The van der Waals surface area contributed by atoms with Crippen molar-refractivity contribution in [3.63, 3.8) is 0 Å². The summed E-state index contributed by atoms with van der Waals surface area (Å²) in [7, 11) is -3.62. The molecule has 0 unspecified atom stereocenters. The molecule has 1 aromatic rings. The van der Waals surface area contributed by atoms with Crippen LogP contribution >= 0.6 is 0 Å². The van der Waals surface area contributed by atoms with Crippen molar-refractivity contribution >= 4 is 15.9 Å². The van der Waals surface area contributed by atoms with Gasteiger partial charge in [-0.1, -0.05) is 12.1 Å². The summed E-state index contributed by atoms with van der Waals surface area (Å²) in [6.07, 6.45) is -2.22. The summed E-state index contributed by atoms with van der Waals surface area (Å²) < 4.78 is 76.4. The van der Waals surface area contributed by atoms with Gasteiger partial charge in [0.2, 0.25) is 10.0 Å². The van der Waals surface area contributed by atoms with E-state index in [1.54, 1.807) is 24.3 Å². The predicted octanol–water partition coefficient (Wildman–Crippen LogP) is 2.56. The van der Waals surface area contributed by atoms with E-state index in [9.17, 15) is 26.4 Å². The zero-order valence-electron chi connectivity index (χ0n) is 17.6. The lowest BCUT2D eigenvalue weighted by atomic mass is 9.90. The van der Waals surface area contributed by atoms with Crippen molar-refractivity contribution in [3.8, 4) is 0 Å². The molecule has 3 fully saturated rings. The van der Waals surface area contributed by atoms with Crippen molar-refractivity contribution in [2.45, 2.75) is 49.0 Å². The Bertz CT molecular complexity index is 912. The van der Waals surface area contributed by atoms with Crippen molar-refractivity contribution in [2.75, 3.05) is 39.4 Å². The Morgan fingerprint density at radius 1 is 1.00 bits per heavy atom. The summed E-state index contributed by atoms with van der Waals surface area (Å²) in [6, 6.07) is 6.68. The second kappa shape index (κ2) is 8.92. The van der Waals surface area contributed by atoms with Gasteiger partial charge in [0.15, 0.2) is 5.79 Å². The second-order valence-electron chi connectivity index (χ2n) is 8.59. The van der Waals surface area contributed by atoms with Gasteiger partial charge in [-0.2, -0.15) is 17.5 Å². The number of hydrogen-bond acceptors (Lipinski definition) is 5. The topological polar surface area (TPSA) is 76.2 Å². The molecule has 3 aliphatic heterocycles. The van der Waals surface area contributed by atoms with Crippen LogP contribution in [0.1, 0.15) is 31.2 Å². The maximum absolute atomic E-state index is 13.0. The number of carbonyl (C=O) groups excluding carboxylic acids is 1. The molecule has 0 aliphatic carbocycles. The van der Waals surface area contributed by atoms with Crippen LogP contribution in [0.3, 0.4) is 0 Å². The van der Waals surface area contributed by atoms with Crippen LogP contribution in [0.4, 0.5) is 13.2 Å². The average Bonchev–Trinajstić information content (AvgIpc) is 3.21. The number of sulfonamides is 1. The minimum atomic E-state index is -4.83. The van der Waals surface area contributed by atoms with E-state index in [0.717, 1.165) is 10.5 Å². The fraction of sp³-hybridized carbons (Fsp3) is 0.667. The monoisotopic (exact) mass is 476 g/mol. The van der Waals surface area contributed by atoms with Crippen molar-refractivity contribution in [1.29, 1.82) is 0 Å². The van der Waals surface area contributed by atoms with Crippen LogP contribution in [0.5, 0.6) is 0 Å². The summed E-state index contributed by atoms with van der Waals surface area (Å²) >= 11 is 0. The maximum Gasteiger partial charge on any atom is 0.471 e. The number of amides is 1. The largest absolute Gasteiger partial charge is 0.471 e. The number of carbonyl (C=O) groups is 1. The van der Waals surface area contributed by atoms with Gasteiger partial charge < -0.3 is 14.4 Å². The molecule has 1 spiro atoms. The minimum Gasteiger partial charge on any atom is -0.347 e. The van der Waals surface area contributed by atoms with Gasteiger partial charge >= 0.3 is 12.1 Å². The Balaban J connectivity index is 1.31. The van der Waals surface area contributed by atoms with Crippen molar-refractivity contribution in [1.82, 2.24) is 9.21 Å². The van der Waals surface area contributed by atoms with Gasteiger partial charge in [0.1, 0.15) is 0 Å². The van der Waals surface area contributed by atoms with Crippen LogP contribution in [-0.2, 0) is 30.7 Å². The van der Waals surface area contributed by atoms with E-state index in [2.05, 4.69) is 0 Å². The maximum atomic E-state index is 13.0. The number of alkyl halides is 3. The van der Waals surface area contributed by atoms with Gasteiger partial charge in [0.25, 0.3) is 0 Å². The highest BCUT2D eigenvalue weighted by Crippen LogP contribution is 2.33. The number of rotatable bonds is 4. The van der Waals surface area contributed by atoms with Crippen LogP contribution in [-0.4, -0.2) is 74.9 Å². The van der Waals surface area contributed by atoms with E-state index in [1.165, 1.54) is 4.31 Å². The van der Waals surface area contributed by atoms with Crippen LogP contribution < -0.4 is 0 Å². The molecule has 0 aromatic heterocycles. The zero-order chi connectivity index (χ0) is 23.0. The quantitative estimate of drug-likeness (QED) is 0.668. The van der Waals surface area contributed by atoms with E-state index >= 15 is 0 Å². The highest BCUT2D eigenvalue weighted by Gasteiger charge is 2.44. The van der Waals surface area contributed by atoms with E-state index < -0.39 is 27.9 Å². The molecule has 0 bridgehead atoms. The molecule has 3 aliphatic rings. The first-order valence-electron chi connectivity index (χ1n) is 10.8. The highest BCUT2D eigenvalue weighted by molar-refractivity contribution is 7.89. The predicted molar refractivity (Wildman–Crippen MR) is 108 cm³/mol. The molecule has 0 N–H and O–H groups in total. The standard InChI is InChI=1S/C21H27F3N2O5S/c22-21(23,24)19(27)25-9-5-17(6-10-25)15-16-1-3-18(4-2-16)32(28,29)26-11-7-20(8-12-26)30-13-14-31-20/h1-4,17H,5-15H2. The Labute approximate surface area is 185 Å². The van der Waals surface area contributed by atoms with E-state index in [1.807, 2.05) is 0 Å². The van der Waals surface area contributed by atoms with E-state index in [4.69, 9.17) is 9.47 Å². The number of ether oxygens (including phenoxy) is 2. The lowest BCUT2D eigenvalue weighted by Gasteiger charge is -2.36. The fourth-order valence-corrected chi connectivity index (χ4v) is 6.09. The third-order valence-electron chi connectivity index (χ3n) is 6.53. The van der Waals surface area contributed by atoms with Gasteiger partial charge in [0.05, 0.1) is 18.1 Å². The van der Waals surface area contributed by atoms with E-state index in [0.29, 0.717) is 58.4 Å². The normalized spacial score (nSPS) is 23.0. The molecule has 0 radical (unpaired) electrons. The Kier molecular flexibility index (Phi) is 6.54. The lowest BCUT2D eigenvalue weighted by molar-refractivity contribution is -0.186. The Morgan fingerprint density at radius 2 is 1.56 bits per heavy atom. The van der Waals surface area contributed by atoms with Crippen molar-refractivity contribution < 1.29 is 35.9 Å². The molecule has 3 heterocycles. The number of benzene rings is 1. The number of likely N-dealkylation sites (tertiary alicyclic amines) is 1. The molecule has 0 atom stereocenters. The number of nitrogens with zero attached hydrogens (tertiary/aromatic N) is 2.